The minimum Gasteiger partial charge on any atom is -0.494 e. The third-order valence-corrected chi connectivity index (χ3v) is 5.56. The Balaban J connectivity index is 2.14. The van der Waals surface area contributed by atoms with Crippen LogP contribution in [-0.2, 0) is 14.8 Å². The van der Waals surface area contributed by atoms with E-state index in [1.165, 1.54) is 0 Å². The average Bonchev–Trinajstić information content (AvgIpc) is 2.62. The predicted octanol–water partition coefficient (Wildman–Crippen LogP) is 3.69. The van der Waals surface area contributed by atoms with Gasteiger partial charge < -0.3 is 10.1 Å². The molecule has 2 rings (SSSR count). The van der Waals surface area contributed by atoms with E-state index in [-0.39, 0.29) is 12.6 Å². The smallest absolute Gasteiger partial charge is 0.241 e. The minimum atomic E-state index is -3.67. The van der Waals surface area contributed by atoms with Crippen LogP contribution in [0.1, 0.15) is 31.0 Å². The molecule has 2 aromatic rings. The van der Waals surface area contributed by atoms with Gasteiger partial charge in [0.15, 0.2) is 0 Å². The lowest BCUT2D eigenvalue weighted by molar-refractivity contribution is -0.120. The molecule has 8 heteroatoms. The fourth-order valence-corrected chi connectivity index (χ4v) is 3.82. The molecule has 0 aliphatic carbocycles. The molecule has 6 nitrogen and oxygen atoms in total. The highest BCUT2D eigenvalue weighted by molar-refractivity contribution is 7.92. The van der Waals surface area contributed by atoms with Crippen LogP contribution < -0.4 is 14.4 Å². The van der Waals surface area contributed by atoms with Crippen LogP contribution in [0.15, 0.2) is 42.5 Å². The Morgan fingerprint density at radius 2 is 1.86 bits per heavy atom. The maximum absolute atomic E-state index is 12.5. The molecule has 1 atom stereocenters. The van der Waals surface area contributed by atoms with Crippen molar-refractivity contribution in [1.82, 2.24) is 5.32 Å². The van der Waals surface area contributed by atoms with E-state index in [9.17, 15) is 13.2 Å². The highest BCUT2D eigenvalue weighted by Gasteiger charge is 2.23. The number of carbonyl (C=O) groups is 1. The summed E-state index contributed by atoms with van der Waals surface area (Å²) in [5, 5.41) is 3.24. The molecule has 152 valence electrons. The molecule has 0 fully saturated rings. The van der Waals surface area contributed by atoms with Crippen LogP contribution in [0.5, 0.6) is 5.75 Å². The molecule has 28 heavy (non-hydrogen) atoms. The zero-order valence-electron chi connectivity index (χ0n) is 16.4. The van der Waals surface area contributed by atoms with E-state index in [1.54, 1.807) is 25.1 Å². The van der Waals surface area contributed by atoms with E-state index < -0.39 is 15.9 Å². The van der Waals surface area contributed by atoms with Crippen molar-refractivity contribution < 1.29 is 17.9 Å². The number of ether oxygens (including phenoxy) is 1. The number of anilines is 1. The second-order valence-corrected chi connectivity index (χ2v) is 8.83. The zero-order chi connectivity index (χ0) is 20.9. The predicted molar refractivity (Wildman–Crippen MR) is 113 cm³/mol. The number of aryl methyl sites for hydroxylation is 1. The van der Waals surface area contributed by atoms with Crippen molar-refractivity contribution in [2.24, 2.45) is 0 Å². The fourth-order valence-electron chi connectivity index (χ4n) is 2.75. The number of amides is 1. The first-order valence-corrected chi connectivity index (χ1v) is 11.1. The van der Waals surface area contributed by atoms with Crippen LogP contribution >= 0.6 is 11.6 Å². The van der Waals surface area contributed by atoms with Gasteiger partial charge in [-0.25, -0.2) is 8.42 Å². The number of hydrogen-bond acceptors (Lipinski definition) is 4. The van der Waals surface area contributed by atoms with Crippen molar-refractivity contribution in [3.05, 3.63) is 58.6 Å². The second-order valence-electron chi connectivity index (χ2n) is 6.49. The van der Waals surface area contributed by atoms with E-state index in [2.05, 4.69) is 5.32 Å². The van der Waals surface area contributed by atoms with Gasteiger partial charge in [-0.05, 0) is 56.2 Å². The maximum Gasteiger partial charge on any atom is 0.241 e. The van der Waals surface area contributed by atoms with Gasteiger partial charge in [-0.1, -0.05) is 29.8 Å². The number of rotatable bonds is 8. The fraction of sp³-hybridized carbons (Fsp3) is 0.350. The average molecular weight is 425 g/mol. The SMILES string of the molecule is CCOc1ccc([C@H](C)NC(=O)CN(c2cc(Cl)ccc2C)S(C)(=O)=O)cc1. The maximum atomic E-state index is 12.5. The lowest BCUT2D eigenvalue weighted by atomic mass is 10.1. The molecule has 1 N–H and O–H groups in total. The number of hydrogen-bond donors (Lipinski definition) is 1. The van der Waals surface area contributed by atoms with Crippen molar-refractivity contribution in [3.8, 4) is 5.75 Å². The lowest BCUT2D eigenvalue weighted by Crippen LogP contribution is -2.41. The summed E-state index contributed by atoms with van der Waals surface area (Å²) in [4.78, 5) is 12.5. The van der Waals surface area contributed by atoms with Gasteiger partial charge in [0.2, 0.25) is 15.9 Å². The second kappa shape index (κ2) is 9.30. The normalized spacial score (nSPS) is 12.3. The summed E-state index contributed by atoms with van der Waals surface area (Å²) >= 11 is 6.01. The molecule has 0 aromatic heterocycles. The van der Waals surface area contributed by atoms with E-state index >= 15 is 0 Å². The Labute approximate surface area is 171 Å². The minimum absolute atomic E-state index is 0.287. The molecular formula is C20H25ClN2O4S. The summed E-state index contributed by atoms with van der Waals surface area (Å²) in [6.07, 6.45) is 1.07. The first-order chi connectivity index (χ1) is 13.1. The van der Waals surface area contributed by atoms with Gasteiger partial charge in [-0.15, -0.1) is 0 Å². The van der Waals surface area contributed by atoms with E-state index in [1.807, 2.05) is 38.1 Å². The summed E-state index contributed by atoms with van der Waals surface area (Å²) in [5.41, 5.74) is 1.99. The first kappa shape index (κ1) is 22.0. The Bertz CT molecular complexity index is 930. The van der Waals surface area contributed by atoms with Crippen LogP contribution in [0, 0.1) is 6.92 Å². The number of nitrogens with one attached hydrogen (secondary N) is 1. The van der Waals surface area contributed by atoms with Crippen LogP contribution in [0.4, 0.5) is 5.69 Å². The molecule has 2 aromatic carbocycles. The highest BCUT2D eigenvalue weighted by Crippen LogP contribution is 2.26. The first-order valence-electron chi connectivity index (χ1n) is 8.87. The van der Waals surface area contributed by atoms with Crippen LogP contribution in [-0.4, -0.2) is 33.7 Å². The Morgan fingerprint density at radius 3 is 2.43 bits per heavy atom. The van der Waals surface area contributed by atoms with Crippen molar-refractivity contribution in [3.63, 3.8) is 0 Å². The van der Waals surface area contributed by atoms with Gasteiger partial charge >= 0.3 is 0 Å². The van der Waals surface area contributed by atoms with Gasteiger partial charge in [0.1, 0.15) is 12.3 Å². The Kier molecular flexibility index (Phi) is 7.32. The number of carbonyl (C=O) groups excluding carboxylic acids is 1. The van der Waals surface area contributed by atoms with Crippen molar-refractivity contribution in [2.45, 2.75) is 26.8 Å². The third-order valence-electron chi connectivity index (χ3n) is 4.20. The van der Waals surface area contributed by atoms with Crippen molar-refractivity contribution in [2.75, 3.05) is 23.7 Å². The van der Waals surface area contributed by atoms with Crippen LogP contribution in [0.2, 0.25) is 5.02 Å². The molecule has 0 spiro atoms. The van der Waals surface area contributed by atoms with E-state index in [4.69, 9.17) is 16.3 Å². The van der Waals surface area contributed by atoms with Gasteiger partial charge in [-0.2, -0.15) is 0 Å². The Hall–Kier alpha value is -2.25. The lowest BCUT2D eigenvalue weighted by Gasteiger charge is -2.25. The van der Waals surface area contributed by atoms with Crippen molar-refractivity contribution in [1.29, 1.82) is 0 Å². The summed E-state index contributed by atoms with van der Waals surface area (Å²) in [5.74, 6) is 0.343. The van der Waals surface area contributed by atoms with E-state index in [0.29, 0.717) is 22.9 Å². The highest BCUT2D eigenvalue weighted by atomic mass is 35.5. The molecule has 0 unspecified atom stereocenters. The third kappa shape index (κ3) is 5.87. The van der Waals surface area contributed by atoms with Crippen molar-refractivity contribution >= 4 is 33.2 Å². The van der Waals surface area contributed by atoms with E-state index in [0.717, 1.165) is 21.9 Å². The largest absolute Gasteiger partial charge is 0.494 e. The molecule has 0 heterocycles. The quantitative estimate of drug-likeness (QED) is 0.701. The summed E-state index contributed by atoms with van der Waals surface area (Å²) in [6, 6.07) is 12.0. The molecule has 0 bridgehead atoms. The molecule has 0 aliphatic heterocycles. The number of nitrogens with zero attached hydrogens (tertiary/aromatic N) is 1. The van der Waals surface area contributed by atoms with Gasteiger partial charge in [0.05, 0.1) is 24.6 Å². The van der Waals surface area contributed by atoms with Crippen LogP contribution in [0.25, 0.3) is 0 Å². The zero-order valence-corrected chi connectivity index (χ0v) is 18.0. The summed E-state index contributed by atoms with van der Waals surface area (Å²) in [7, 11) is -3.67. The molecule has 0 aliphatic rings. The van der Waals surface area contributed by atoms with Crippen LogP contribution in [0.3, 0.4) is 0 Å². The Morgan fingerprint density at radius 1 is 1.21 bits per heavy atom. The van der Waals surface area contributed by atoms with Gasteiger partial charge in [0.25, 0.3) is 0 Å². The molecule has 1 amide bonds. The van der Waals surface area contributed by atoms with Gasteiger partial charge in [-0.3, -0.25) is 9.10 Å². The molecule has 0 saturated carbocycles. The number of sulfonamides is 1. The van der Waals surface area contributed by atoms with Gasteiger partial charge in [0, 0.05) is 5.02 Å². The number of halogens is 1. The topological polar surface area (TPSA) is 75.7 Å². The monoisotopic (exact) mass is 424 g/mol. The molecular weight excluding hydrogens is 400 g/mol. The number of benzene rings is 2. The summed E-state index contributed by atoms with van der Waals surface area (Å²) in [6.45, 7) is 5.76. The standard InChI is InChI=1S/C20H25ClN2O4S/c1-5-27-18-10-7-16(8-11-18)15(3)22-20(24)13-23(28(4,25)26)19-12-17(21)9-6-14(19)2/h6-12,15H,5,13H2,1-4H3,(H,22,24)/t15-/m0/s1. The molecule has 0 radical (unpaired) electrons. The summed E-state index contributed by atoms with van der Waals surface area (Å²) < 4.78 is 31.0. The molecule has 0 saturated heterocycles.